The van der Waals surface area contributed by atoms with Gasteiger partial charge in [-0.2, -0.15) is 4.98 Å². The van der Waals surface area contributed by atoms with Gasteiger partial charge in [-0.25, -0.2) is 14.2 Å². The van der Waals surface area contributed by atoms with Gasteiger partial charge in [-0.15, -0.1) is 0 Å². The molecule has 1 aromatic heterocycles. The van der Waals surface area contributed by atoms with E-state index in [1.807, 2.05) is 31.2 Å². The molecule has 0 radical (unpaired) electrons. The lowest BCUT2D eigenvalue weighted by Crippen LogP contribution is -2.49. The molecule has 8 nitrogen and oxygen atoms in total. The predicted octanol–water partition coefficient (Wildman–Crippen LogP) is 4.38. The first-order valence-corrected chi connectivity index (χ1v) is 11.4. The average Bonchev–Trinajstić information content (AvgIpc) is 2.83. The fourth-order valence-electron chi connectivity index (χ4n) is 4.22. The largest absolute Gasteiger partial charge is 0.450 e. The Morgan fingerprint density at radius 2 is 1.84 bits per heavy atom. The Bertz CT molecular complexity index is 896. The highest BCUT2D eigenvalue weighted by atomic mass is 19.1. The molecule has 0 spiro atoms. The Balaban J connectivity index is 1.34. The number of amides is 1. The van der Waals surface area contributed by atoms with E-state index in [-0.39, 0.29) is 18.0 Å². The Morgan fingerprint density at radius 1 is 1.12 bits per heavy atom. The van der Waals surface area contributed by atoms with Crippen molar-refractivity contribution in [1.29, 1.82) is 0 Å². The summed E-state index contributed by atoms with van der Waals surface area (Å²) in [5.74, 6) is 0.185. The van der Waals surface area contributed by atoms with Gasteiger partial charge < -0.3 is 25.2 Å². The molecule has 0 bridgehead atoms. The normalized spacial score (nSPS) is 17.2. The molecule has 2 aromatic rings. The molecule has 2 aliphatic rings. The van der Waals surface area contributed by atoms with Crippen LogP contribution < -0.4 is 15.5 Å². The molecule has 2 N–H and O–H groups in total. The monoisotopic (exact) mass is 442 g/mol. The van der Waals surface area contributed by atoms with E-state index >= 15 is 0 Å². The maximum Gasteiger partial charge on any atom is 0.409 e. The summed E-state index contributed by atoms with van der Waals surface area (Å²) in [6, 6.07) is 8.21. The molecule has 1 saturated carbocycles. The minimum atomic E-state index is -0.432. The number of hydrogen-bond acceptors (Lipinski definition) is 7. The van der Waals surface area contributed by atoms with Gasteiger partial charge in [0.05, 0.1) is 12.8 Å². The van der Waals surface area contributed by atoms with Gasteiger partial charge >= 0.3 is 6.09 Å². The molecule has 9 heteroatoms. The molecular weight excluding hydrogens is 411 g/mol. The average molecular weight is 443 g/mol. The van der Waals surface area contributed by atoms with Crippen LogP contribution in [-0.2, 0) is 4.74 Å². The minimum absolute atomic E-state index is 0.247. The summed E-state index contributed by atoms with van der Waals surface area (Å²) in [5.41, 5.74) is 1.91. The quantitative estimate of drug-likeness (QED) is 0.687. The van der Waals surface area contributed by atoms with Crippen molar-refractivity contribution in [2.45, 2.75) is 45.1 Å². The summed E-state index contributed by atoms with van der Waals surface area (Å²) in [4.78, 5) is 24.3. The topological polar surface area (TPSA) is 82.6 Å². The van der Waals surface area contributed by atoms with E-state index in [1.54, 1.807) is 4.90 Å². The number of hydrogen-bond donors (Lipinski definition) is 2. The maximum absolute atomic E-state index is 14.2. The summed E-state index contributed by atoms with van der Waals surface area (Å²) < 4.78 is 19.3. The molecule has 172 valence electrons. The molecule has 1 aliphatic heterocycles. The first-order chi connectivity index (χ1) is 15.6. The van der Waals surface area contributed by atoms with Crippen LogP contribution in [0, 0.1) is 5.82 Å². The number of halogens is 1. The summed E-state index contributed by atoms with van der Waals surface area (Å²) in [6.07, 6.45) is 6.62. The Morgan fingerprint density at radius 3 is 2.53 bits per heavy atom. The Hall–Kier alpha value is -3.10. The van der Waals surface area contributed by atoms with Crippen LogP contribution in [0.1, 0.15) is 39.0 Å². The first kappa shape index (κ1) is 22.1. The van der Waals surface area contributed by atoms with Crippen molar-refractivity contribution in [2.24, 2.45) is 0 Å². The maximum atomic E-state index is 14.2. The highest BCUT2D eigenvalue weighted by Gasteiger charge is 2.22. The zero-order valence-electron chi connectivity index (χ0n) is 18.5. The number of nitrogens with zero attached hydrogens (tertiary/aromatic N) is 4. The number of carbonyl (C=O) groups is 1. The summed E-state index contributed by atoms with van der Waals surface area (Å²) in [7, 11) is 0. The van der Waals surface area contributed by atoms with E-state index in [9.17, 15) is 9.18 Å². The molecule has 4 rings (SSSR count). The summed E-state index contributed by atoms with van der Waals surface area (Å²) in [6.45, 7) is 4.99. The third-order valence-corrected chi connectivity index (χ3v) is 5.98. The van der Waals surface area contributed by atoms with Crippen molar-refractivity contribution in [3.05, 3.63) is 36.3 Å². The van der Waals surface area contributed by atoms with Crippen molar-refractivity contribution >= 4 is 29.2 Å². The van der Waals surface area contributed by atoms with Crippen molar-refractivity contribution in [3.63, 3.8) is 0 Å². The number of anilines is 4. The van der Waals surface area contributed by atoms with Gasteiger partial charge in [0, 0.05) is 43.6 Å². The number of aromatic nitrogens is 2. The number of ether oxygens (including phenoxy) is 1. The summed E-state index contributed by atoms with van der Waals surface area (Å²) in [5, 5.41) is 6.40. The number of benzene rings is 1. The highest BCUT2D eigenvalue weighted by molar-refractivity contribution is 5.68. The van der Waals surface area contributed by atoms with Gasteiger partial charge in [-0.3, -0.25) is 0 Å². The highest BCUT2D eigenvalue weighted by Crippen LogP contribution is 2.24. The number of rotatable bonds is 6. The molecule has 0 atom stereocenters. The van der Waals surface area contributed by atoms with Crippen LogP contribution in [-0.4, -0.2) is 59.8 Å². The van der Waals surface area contributed by atoms with E-state index in [4.69, 9.17) is 4.74 Å². The number of nitrogens with one attached hydrogen (secondary N) is 2. The lowest BCUT2D eigenvalue weighted by Gasteiger charge is -2.35. The molecule has 0 unspecified atom stereocenters. The van der Waals surface area contributed by atoms with Crippen molar-refractivity contribution in [2.75, 3.05) is 48.3 Å². The van der Waals surface area contributed by atoms with E-state index in [2.05, 4.69) is 25.5 Å². The van der Waals surface area contributed by atoms with Gasteiger partial charge in [-0.05, 0) is 44.0 Å². The number of piperazine rings is 1. The van der Waals surface area contributed by atoms with E-state index in [0.29, 0.717) is 25.6 Å². The fraction of sp³-hybridized carbons (Fsp3) is 0.522. The van der Waals surface area contributed by atoms with Crippen LogP contribution in [0.3, 0.4) is 0 Å². The molecule has 2 heterocycles. The summed E-state index contributed by atoms with van der Waals surface area (Å²) >= 11 is 0. The number of carbonyl (C=O) groups excluding carboxylic acids is 1. The second kappa shape index (κ2) is 10.5. The van der Waals surface area contributed by atoms with Crippen LogP contribution in [0.4, 0.5) is 32.3 Å². The molecule has 1 aliphatic carbocycles. The van der Waals surface area contributed by atoms with Gasteiger partial charge in [0.2, 0.25) is 5.95 Å². The minimum Gasteiger partial charge on any atom is -0.450 e. The zero-order valence-corrected chi connectivity index (χ0v) is 18.5. The molecule has 2 fully saturated rings. The van der Waals surface area contributed by atoms with Crippen LogP contribution in [0.15, 0.2) is 30.5 Å². The molecular formula is C23H31FN6O2. The molecule has 1 aromatic carbocycles. The van der Waals surface area contributed by atoms with Crippen LogP contribution in [0.5, 0.6) is 0 Å². The SMILES string of the molecule is CCOC(=O)N1CCN(c2ccc(Nc3ncc(F)c(NC4CCCCC4)n3)cc2)CC1. The Kier molecular flexibility index (Phi) is 7.24. The van der Waals surface area contributed by atoms with E-state index in [1.165, 1.54) is 25.5 Å². The van der Waals surface area contributed by atoms with Crippen molar-refractivity contribution < 1.29 is 13.9 Å². The third kappa shape index (κ3) is 5.57. The lowest BCUT2D eigenvalue weighted by atomic mass is 9.95. The third-order valence-electron chi connectivity index (χ3n) is 5.98. The van der Waals surface area contributed by atoms with E-state index in [0.717, 1.165) is 37.3 Å². The van der Waals surface area contributed by atoms with Gasteiger partial charge in [0.1, 0.15) is 0 Å². The zero-order chi connectivity index (χ0) is 22.3. The molecule has 32 heavy (non-hydrogen) atoms. The van der Waals surface area contributed by atoms with Gasteiger partial charge in [-0.1, -0.05) is 19.3 Å². The van der Waals surface area contributed by atoms with Crippen LogP contribution >= 0.6 is 0 Å². The van der Waals surface area contributed by atoms with Gasteiger partial charge in [0.25, 0.3) is 0 Å². The Labute approximate surface area is 188 Å². The van der Waals surface area contributed by atoms with E-state index < -0.39 is 5.82 Å². The second-order valence-electron chi connectivity index (χ2n) is 8.21. The first-order valence-electron chi connectivity index (χ1n) is 11.4. The second-order valence-corrected chi connectivity index (χ2v) is 8.21. The standard InChI is InChI=1S/C23H31FN6O2/c1-2-32-23(31)30-14-12-29(13-15-30)19-10-8-18(9-11-19)27-22-25-16-20(24)21(28-22)26-17-6-4-3-5-7-17/h8-11,16-17H,2-7,12-15H2,1H3,(H2,25,26,27,28). The lowest BCUT2D eigenvalue weighted by molar-refractivity contribution is 0.105. The van der Waals surface area contributed by atoms with Crippen molar-refractivity contribution in [1.82, 2.24) is 14.9 Å². The van der Waals surface area contributed by atoms with Crippen molar-refractivity contribution in [3.8, 4) is 0 Å². The van der Waals surface area contributed by atoms with Crippen LogP contribution in [0.25, 0.3) is 0 Å². The molecule has 1 saturated heterocycles. The molecule has 1 amide bonds. The smallest absolute Gasteiger partial charge is 0.409 e. The predicted molar refractivity (Wildman–Crippen MR) is 123 cm³/mol. The van der Waals surface area contributed by atoms with Crippen LogP contribution in [0.2, 0.25) is 0 Å². The fourth-order valence-corrected chi connectivity index (χ4v) is 4.22. The van der Waals surface area contributed by atoms with Gasteiger partial charge in [0.15, 0.2) is 11.6 Å².